The van der Waals surface area contributed by atoms with E-state index in [1.54, 1.807) is 0 Å². The third-order valence-corrected chi connectivity index (χ3v) is 2.51. The van der Waals surface area contributed by atoms with E-state index in [4.69, 9.17) is 5.11 Å². The van der Waals surface area contributed by atoms with Gasteiger partial charge in [-0.2, -0.15) is 13.2 Å². The van der Waals surface area contributed by atoms with Crippen molar-refractivity contribution in [2.75, 3.05) is 25.1 Å². The minimum absolute atomic E-state index is 0.124. The number of nitrogens with zero attached hydrogens (tertiary/aromatic N) is 1. The largest absolute Gasteiger partial charge is 0.481 e. The maximum Gasteiger partial charge on any atom is 0.390 e. The maximum atomic E-state index is 11.8. The number of halogens is 3. The standard InChI is InChI=1S/C8H12F3NO3S/c1-12(3-2-8(9,10)11)6(13)4-16-5-7(14)15/h2-5H2,1H3,(H,14,15). The molecule has 0 bridgehead atoms. The number of carbonyl (C=O) groups excluding carboxylic acids is 1. The van der Waals surface area contributed by atoms with E-state index in [2.05, 4.69) is 0 Å². The highest BCUT2D eigenvalue weighted by molar-refractivity contribution is 8.00. The van der Waals surface area contributed by atoms with Crippen molar-refractivity contribution in [3.05, 3.63) is 0 Å². The Morgan fingerprint density at radius 3 is 2.31 bits per heavy atom. The van der Waals surface area contributed by atoms with Gasteiger partial charge in [-0.15, -0.1) is 11.8 Å². The lowest BCUT2D eigenvalue weighted by Gasteiger charge is -2.17. The molecule has 0 aliphatic carbocycles. The summed E-state index contributed by atoms with van der Waals surface area (Å²) in [4.78, 5) is 22.2. The second-order valence-corrected chi connectivity index (χ2v) is 4.05. The number of aliphatic carboxylic acids is 1. The molecule has 0 atom stereocenters. The van der Waals surface area contributed by atoms with Gasteiger partial charge in [-0.05, 0) is 0 Å². The van der Waals surface area contributed by atoms with Crippen LogP contribution in [0.15, 0.2) is 0 Å². The minimum atomic E-state index is -4.29. The molecule has 0 unspecified atom stereocenters. The fourth-order valence-electron chi connectivity index (χ4n) is 0.755. The van der Waals surface area contributed by atoms with Crippen molar-refractivity contribution in [3.8, 4) is 0 Å². The van der Waals surface area contributed by atoms with E-state index >= 15 is 0 Å². The molecule has 1 amide bonds. The van der Waals surface area contributed by atoms with Crippen LogP contribution >= 0.6 is 11.8 Å². The number of hydrogen-bond acceptors (Lipinski definition) is 3. The third-order valence-electron chi connectivity index (χ3n) is 1.61. The summed E-state index contributed by atoms with van der Waals surface area (Å²) >= 11 is 0.859. The SMILES string of the molecule is CN(CCC(F)(F)F)C(=O)CSCC(=O)O. The van der Waals surface area contributed by atoms with E-state index in [1.807, 2.05) is 0 Å². The Morgan fingerprint density at radius 2 is 1.88 bits per heavy atom. The molecule has 0 radical (unpaired) electrons. The zero-order valence-electron chi connectivity index (χ0n) is 8.58. The maximum absolute atomic E-state index is 11.8. The molecule has 94 valence electrons. The van der Waals surface area contributed by atoms with Crippen LogP contribution in [-0.2, 0) is 9.59 Å². The number of carbonyl (C=O) groups is 2. The highest BCUT2D eigenvalue weighted by atomic mass is 32.2. The highest BCUT2D eigenvalue weighted by Crippen LogP contribution is 2.19. The Balaban J connectivity index is 3.78. The molecule has 0 aromatic rings. The molecule has 4 nitrogen and oxygen atoms in total. The number of amides is 1. The molecule has 0 aromatic heterocycles. The molecule has 0 fully saturated rings. The Morgan fingerprint density at radius 1 is 1.31 bits per heavy atom. The molecule has 0 saturated carbocycles. The summed E-state index contributed by atoms with van der Waals surface area (Å²) in [6.07, 6.45) is -5.35. The molecule has 0 aliphatic rings. The van der Waals surface area contributed by atoms with Gasteiger partial charge in [0.15, 0.2) is 0 Å². The van der Waals surface area contributed by atoms with E-state index in [0.717, 1.165) is 16.7 Å². The number of alkyl halides is 3. The van der Waals surface area contributed by atoms with Gasteiger partial charge >= 0.3 is 12.1 Å². The Kier molecular flexibility index (Phi) is 6.24. The van der Waals surface area contributed by atoms with Crippen LogP contribution in [0, 0.1) is 0 Å². The van der Waals surface area contributed by atoms with Crippen molar-refractivity contribution in [3.63, 3.8) is 0 Å². The van der Waals surface area contributed by atoms with Gasteiger partial charge in [0.1, 0.15) is 0 Å². The zero-order chi connectivity index (χ0) is 12.8. The smallest absolute Gasteiger partial charge is 0.390 e. The van der Waals surface area contributed by atoms with Crippen LogP contribution in [0.1, 0.15) is 6.42 Å². The van der Waals surface area contributed by atoms with Crippen LogP contribution in [0.5, 0.6) is 0 Å². The van der Waals surface area contributed by atoms with Gasteiger partial charge in [-0.1, -0.05) is 0 Å². The van der Waals surface area contributed by atoms with Crippen LogP contribution in [0.2, 0.25) is 0 Å². The first-order chi connectivity index (χ1) is 7.22. The molecule has 0 heterocycles. The predicted molar refractivity (Wildman–Crippen MR) is 53.3 cm³/mol. The first-order valence-electron chi connectivity index (χ1n) is 4.32. The summed E-state index contributed by atoms with van der Waals surface area (Å²) in [6, 6.07) is 0. The first kappa shape index (κ1) is 15.1. The lowest BCUT2D eigenvalue weighted by Crippen LogP contribution is -2.32. The molecular formula is C8H12F3NO3S. The third kappa shape index (κ3) is 8.39. The van der Waals surface area contributed by atoms with Crippen molar-refractivity contribution in [2.24, 2.45) is 0 Å². The van der Waals surface area contributed by atoms with E-state index in [1.165, 1.54) is 7.05 Å². The van der Waals surface area contributed by atoms with Gasteiger partial charge in [0.25, 0.3) is 0 Å². The van der Waals surface area contributed by atoms with Crippen molar-refractivity contribution in [1.82, 2.24) is 4.90 Å². The summed E-state index contributed by atoms with van der Waals surface area (Å²) in [6.45, 7) is -0.407. The lowest BCUT2D eigenvalue weighted by atomic mass is 10.4. The monoisotopic (exact) mass is 259 g/mol. The van der Waals surface area contributed by atoms with Crippen LogP contribution in [0.25, 0.3) is 0 Å². The number of hydrogen-bond donors (Lipinski definition) is 1. The average Bonchev–Trinajstić information content (AvgIpc) is 2.12. The molecule has 0 rings (SSSR count). The second-order valence-electron chi connectivity index (χ2n) is 3.07. The number of carboxylic acids is 1. The molecule has 0 aromatic carbocycles. The summed E-state index contributed by atoms with van der Waals surface area (Å²) < 4.78 is 35.4. The Hall–Kier alpha value is -0.920. The van der Waals surface area contributed by atoms with Gasteiger partial charge in [-0.3, -0.25) is 9.59 Å². The molecule has 0 saturated heterocycles. The van der Waals surface area contributed by atoms with E-state index in [9.17, 15) is 22.8 Å². The van der Waals surface area contributed by atoms with Crippen LogP contribution in [0.4, 0.5) is 13.2 Å². The summed E-state index contributed by atoms with van der Waals surface area (Å²) in [5.74, 6) is -1.93. The molecule has 8 heteroatoms. The number of thioether (sulfide) groups is 1. The second kappa shape index (κ2) is 6.62. The van der Waals surface area contributed by atoms with E-state index in [0.29, 0.717) is 0 Å². The number of carboxylic acid groups (broad SMARTS) is 1. The average molecular weight is 259 g/mol. The quantitative estimate of drug-likeness (QED) is 0.779. The van der Waals surface area contributed by atoms with Gasteiger partial charge in [-0.25, -0.2) is 0 Å². The number of rotatable bonds is 6. The fourth-order valence-corrected chi connectivity index (χ4v) is 1.43. The Bertz CT molecular complexity index is 257. The van der Waals surface area contributed by atoms with Crippen LogP contribution < -0.4 is 0 Å². The van der Waals surface area contributed by atoms with Crippen molar-refractivity contribution in [2.45, 2.75) is 12.6 Å². The zero-order valence-corrected chi connectivity index (χ0v) is 9.40. The lowest BCUT2D eigenvalue weighted by molar-refractivity contribution is -0.142. The fraction of sp³-hybridized carbons (Fsp3) is 0.750. The predicted octanol–water partition coefficient (Wildman–Crippen LogP) is 1.22. The van der Waals surface area contributed by atoms with Crippen LogP contribution in [-0.4, -0.2) is 53.2 Å². The van der Waals surface area contributed by atoms with Gasteiger partial charge in [0.05, 0.1) is 17.9 Å². The molecule has 1 N–H and O–H groups in total. The van der Waals surface area contributed by atoms with Gasteiger partial charge < -0.3 is 10.0 Å². The Labute approximate surface area is 94.8 Å². The first-order valence-corrected chi connectivity index (χ1v) is 5.48. The van der Waals surface area contributed by atoms with Gasteiger partial charge in [0.2, 0.25) is 5.91 Å². The molecule has 0 aliphatic heterocycles. The van der Waals surface area contributed by atoms with Crippen molar-refractivity contribution < 1.29 is 27.9 Å². The molecular weight excluding hydrogens is 247 g/mol. The van der Waals surface area contributed by atoms with Gasteiger partial charge in [0, 0.05) is 13.6 Å². The topological polar surface area (TPSA) is 57.6 Å². The minimum Gasteiger partial charge on any atom is -0.481 e. The van der Waals surface area contributed by atoms with Crippen LogP contribution in [0.3, 0.4) is 0 Å². The summed E-state index contributed by atoms with van der Waals surface area (Å²) in [5, 5.41) is 8.28. The van der Waals surface area contributed by atoms with E-state index < -0.39 is 31.0 Å². The van der Waals surface area contributed by atoms with Crippen molar-refractivity contribution >= 4 is 23.6 Å². The van der Waals surface area contributed by atoms with Crippen molar-refractivity contribution in [1.29, 1.82) is 0 Å². The highest BCUT2D eigenvalue weighted by Gasteiger charge is 2.27. The molecule has 0 spiro atoms. The summed E-state index contributed by atoms with van der Waals surface area (Å²) in [7, 11) is 1.26. The van der Waals surface area contributed by atoms with E-state index in [-0.39, 0.29) is 11.5 Å². The molecule has 16 heavy (non-hydrogen) atoms. The normalized spacial score (nSPS) is 11.2. The summed E-state index contributed by atoms with van der Waals surface area (Å²) in [5.41, 5.74) is 0.